The predicted molar refractivity (Wildman–Crippen MR) is 109 cm³/mol. The van der Waals surface area contributed by atoms with E-state index in [-0.39, 0.29) is 6.03 Å². The van der Waals surface area contributed by atoms with Crippen LogP contribution < -0.4 is 4.90 Å². The summed E-state index contributed by atoms with van der Waals surface area (Å²) in [6.07, 6.45) is 0. The first-order valence-electron chi connectivity index (χ1n) is 9.04. The Morgan fingerprint density at radius 1 is 0.731 bits per heavy atom. The molecule has 3 aromatic carbocycles. The van der Waals surface area contributed by atoms with Crippen LogP contribution in [0.5, 0.6) is 0 Å². The van der Waals surface area contributed by atoms with Crippen molar-refractivity contribution >= 4 is 17.4 Å². The smallest absolute Gasteiger partial charge is 0.325 e. The van der Waals surface area contributed by atoms with Crippen LogP contribution in [0.25, 0.3) is 11.1 Å². The van der Waals surface area contributed by atoms with E-state index in [1.54, 1.807) is 0 Å². The fraction of sp³-hybridized carbons (Fsp3) is 0.174. The summed E-state index contributed by atoms with van der Waals surface area (Å²) in [6, 6.07) is 28.1. The lowest BCUT2D eigenvalue weighted by Gasteiger charge is -2.31. The van der Waals surface area contributed by atoms with E-state index >= 15 is 0 Å². The van der Waals surface area contributed by atoms with Crippen molar-refractivity contribution in [2.75, 3.05) is 18.0 Å². The highest BCUT2D eigenvalue weighted by Crippen LogP contribution is 2.35. The molecule has 0 fully saturated rings. The number of carbonyl (C=O) groups is 1. The van der Waals surface area contributed by atoms with Crippen molar-refractivity contribution in [2.45, 2.75) is 13.8 Å². The average molecular weight is 344 g/mol. The zero-order valence-electron chi connectivity index (χ0n) is 15.3. The number of hydrogen-bond donors (Lipinski definition) is 0. The normalized spacial score (nSPS) is 10.4. The van der Waals surface area contributed by atoms with Crippen molar-refractivity contribution in [3.8, 4) is 11.1 Å². The van der Waals surface area contributed by atoms with Crippen LogP contribution in [0.1, 0.15) is 13.8 Å². The molecule has 0 bridgehead atoms. The van der Waals surface area contributed by atoms with Crippen LogP contribution in [0.2, 0.25) is 0 Å². The van der Waals surface area contributed by atoms with Gasteiger partial charge in [0.1, 0.15) is 0 Å². The molecule has 132 valence electrons. The molecule has 3 nitrogen and oxygen atoms in total. The standard InChI is InChI=1S/C23H24N2O/c1-3-24(4-2)23(26)25(20-15-9-6-10-16-20)22-18-12-11-17-21(22)19-13-7-5-8-14-19/h5-18H,3-4H2,1-2H3. The highest BCUT2D eigenvalue weighted by Gasteiger charge is 2.24. The van der Waals surface area contributed by atoms with Gasteiger partial charge in [-0.15, -0.1) is 0 Å². The summed E-state index contributed by atoms with van der Waals surface area (Å²) in [5.41, 5.74) is 3.89. The van der Waals surface area contributed by atoms with Crippen LogP contribution in [-0.2, 0) is 0 Å². The molecule has 0 aliphatic carbocycles. The van der Waals surface area contributed by atoms with E-state index in [1.807, 2.05) is 90.4 Å². The maximum atomic E-state index is 13.3. The molecule has 0 spiro atoms. The van der Waals surface area contributed by atoms with Gasteiger partial charge in [-0.1, -0.05) is 66.7 Å². The van der Waals surface area contributed by atoms with Crippen LogP contribution in [0, 0.1) is 0 Å². The van der Waals surface area contributed by atoms with E-state index < -0.39 is 0 Å². The predicted octanol–water partition coefficient (Wildman–Crippen LogP) is 5.95. The Morgan fingerprint density at radius 3 is 1.88 bits per heavy atom. The van der Waals surface area contributed by atoms with E-state index in [2.05, 4.69) is 18.2 Å². The Bertz CT molecular complexity index is 842. The van der Waals surface area contributed by atoms with Gasteiger partial charge in [0.25, 0.3) is 0 Å². The minimum atomic E-state index is -0.00965. The molecule has 3 rings (SSSR count). The van der Waals surface area contributed by atoms with Crippen molar-refractivity contribution in [2.24, 2.45) is 0 Å². The lowest BCUT2D eigenvalue weighted by atomic mass is 10.0. The summed E-state index contributed by atoms with van der Waals surface area (Å²) in [5, 5.41) is 0. The van der Waals surface area contributed by atoms with Crippen LogP contribution in [0.15, 0.2) is 84.9 Å². The molecule has 0 atom stereocenters. The van der Waals surface area contributed by atoms with Gasteiger partial charge in [0, 0.05) is 18.7 Å². The zero-order chi connectivity index (χ0) is 18.4. The molecule has 3 aromatic rings. The largest absolute Gasteiger partial charge is 0.329 e. The fourth-order valence-electron chi connectivity index (χ4n) is 3.10. The molecule has 0 aliphatic heterocycles. The maximum absolute atomic E-state index is 13.3. The third-order valence-electron chi connectivity index (χ3n) is 4.47. The number of urea groups is 1. The molecule has 0 saturated heterocycles. The molecular formula is C23H24N2O. The number of hydrogen-bond acceptors (Lipinski definition) is 1. The summed E-state index contributed by atoms with van der Waals surface area (Å²) in [5.74, 6) is 0. The van der Waals surface area contributed by atoms with Gasteiger partial charge in [0.15, 0.2) is 0 Å². The Labute approximate surface area is 155 Å². The average Bonchev–Trinajstić information content (AvgIpc) is 2.71. The van der Waals surface area contributed by atoms with Gasteiger partial charge in [-0.25, -0.2) is 4.79 Å². The number of nitrogens with zero attached hydrogens (tertiary/aromatic N) is 2. The van der Waals surface area contributed by atoms with Crippen molar-refractivity contribution in [1.29, 1.82) is 0 Å². The summed E-state index contributed by atoms with van der Waals surface area (Å²) < 4.78 is 0. The first-order valence-corrected chi connectivity index (χ1v) is 9.04. The van der Waals surface area contributed by atoms with Gasteiger partial charge in [-0.3, -0.25) is 4.90 Å². The topological polar surface area (TPSA) is 23.6 Å². The van der Waals surface area contributed by atoms with E-state index in [0.717, 1.165) is 22.5 Å². The number of para-hydroxylation sites is 2. The first-order chi connectivity index (χ1) is 12.8. The second kappa shape index (κ2) is 8.34. The summed E-state index contributed by atoms with van der Waals surface area (Å²) in [4.78, 5) is 17.0. The minimum Gasteiger partial charge on any atom is -0.325 e. The number of carbonyl (C=O) groups excluding carboxylic acids is 1. The molecule has 0 aromatic heterocycles. The van der Waals surface area contributed by atoms with E-state index in [1.165, 1.54) is 0 Å². The quantitative estimate of drug-likeness (QED) is 0.561. The summed E-state index contributed by atoms with van der Waals surface area (Å²) >= 11 is 0. The van der Waals surface area contributed by atoms with Crippen molar-refractivity contribution in [3.63, 3.8) is 0 Å². The van der Waals surface area contributed by atoms with E-state index in [9.17, 15) is 4.79 Å². The van der Waals surface area contributed by atoms with Gasteiger partial charge in [-0.2, -0.15) is 0 Å². The van der Waals surface area contributed by atoms with Crippen LogP contribution in [0.3, 0.4) is 0 Å². The highest BCUT2D eigenvalue weighted by molar-refractivity contribution is 6.03. The molecule has 0 N–H and O–H groups in total. The number of anilines is 2. The van der Waals surface area contributed by atoms with Crippen LogP contribution in [0.4, 0.5) is 16.2 Å². The third-order valence-corrected chi connectivity index (χ3v) is 4.47. The maximum Gasteiger partial charge on any atom is 0.329 e. The van der Waals surface area contributed by atoms with E-state index in [4.69, 9.17) is 0 Å². The Kier molecular flexibility index (Phi) is 5.69. The summed E-state index contributed by atoms with van der Waals surface area (Å²) in [6.45, 7) is 5.36. The van der Waals surface area contributed by atoms with Crippen molar-refractivity contribution < 1.29 is 4.79 Å². The second-order valence-electron chi connectivity index (χ2n) is 6.01. The number of amides is 2. The minimum absolute atomic E-state index is 0.00965. The summed E-state index contributed by atoms with van der Waals surface area (Å²) in [7, 11) is 0. The third kappa shape index (κ3) is 3.62. The molecule has 0 heterocycles. The molecule has 0 aliphatic rings. The monoisotopic (exact) mass is 344 g/mol. The molecule has 0 saturated carbocycles. The molecule has 0 radical (unpaired) electrons. The highest BCUT2D eigenvalue weighted by atomic mass is 16.2. The van der Waals surface area contributed by atoms with E-state index in [0.29, 0.717) is 13.1 Å². The van der Waals surface area contributed by atoms with Gasteiger partial charge in [-0.05, 0) is 37.6 Å². The molecular weight excluding hydrogens is 320 g/mol. The van der Waals surface area contributed by atoms with Crippen molar-refractivity contribution in [3.05, 3.63) is 84.9 Å². The molecule has 0 unspecified atom stereocenters. The van der Waals surface area contributed by atoms with Crippen LogP contribution >= 0.6 is 0 Å². The van der Waals surface area contributed by atoms with Gasteiger partial charge in [0.2, 0.25) is 0 Å². The lowest BCUT2D eigenvalue weighted by molar-refractivity contribution is 0.212. The van der Waals surface area contributed by atoms with Gasteiger partial charge >= 0.3 is 6.03 Å². The van der Waals surface area contributed by atoms with Crippen molar-refractivity contribution in [1.82, 2.24) is 4.90 Å². The van der Waals surface area contributed by atoms with Crippen LogP contribution in [-0.4, -0.2) is 24.0 Å². The van der Waals surface area contributed by atoms with Gasteiger partial charge < -0.3 is 4.90 Å². The second-order valence-corrected chi connectivity index (χ2v) is 6.01. The SMILES string of the molecule is CCN(CC)C(=O)N(c1ccccc1)c1ccccc1-c1ccccc1. The number of rotatable bonds is 5. The molecule has 2 amide bonds. The van der Waals surface area contributed by atoms with Gasteiger partial charge in [0.05, 0.1) is 11.4 Å². The zero-order valence-corrected chi connectivity index (χ0v) is 15.3. The Balaban J connectivity index is 2.16. The first kappa shape index (κ1) is 17.7. The number of benzene rings is 3. The Morgan fingerprint density at radius 2 is 1.27 bits per heavy atom. The lowest BCUT2D eigenvalue weighted by Crippen LogP contribution is -2.40. The molecule has 3 heteroatoms. The fourth-order valence-corrected chi connectivity index (χ4v) is 3.10. The Hall–Kier alpha value is -3.07. The molecule has 26 heavy (non-hydrogen) atoms.